The number of benzene rings is 2. The fourth-order valence-electron chi connectivity index (χ4n) is 2.98. The number of hydrogen-bond acceptors (Lipinski definition) is 4. The molecule has 2 aromatic rings. The highest BCUT2D eigenvalue weighted by Crippen LogP contribution is 2.22. The quantitative estimate of drug-likeness (QED) is 0.844. The van der Waals surface area contributed by atoms with Gasteiger partial charge in [0, 0.05) is 31.5 Å². The van der Waals surface area contributed by atoms with Crippen LogP contribution in [-0.2, 0) is 21.4 Å². The van der Waals surface area contributed by atoms with E-state index >= 15 is 0 Å². The average molecular weight is 374 g/mol. The van der Waals surface area contributed by atoms with Crippen LogP contribution in [0.4, 0.5) is 5.69 Å². The highest BCUT2D eigenvalue weighted by atomic mass is 32.2. The number of carbonyl (C=O) groups is 1. The maximum atomic E-state index is 12.7. The molecule has 7 heteroatoms. The Morgan fingerprint density at radius 3 is 2.58 bits per heavy atom. The van der Waals surface area contributed by atoms with Crippen LogP contribution in [0.5, 0.6) is 0 Å². The fourth-order valence-corrected chi connectivity index (χ4v) is 4.55. The number of sulfonamides is 1. The lowest BCUT2D eigenvalue weighted by molar-refractivity contribution is 0.102. The zero-order valence-corrected chi connectivity index (χ0v) is 15.5. The van der Waals surface area contributed by atoms with Gasteiger partial charge in [-0.2, -0.15) is 4.31 Å². The lowest BCUT2D eigenvalue weighted by Crippen LogP contribution is -2.28. The standard InChI is InChI=1S/C19H22N2O4S/c1-25-14-15-6-4-8-17(12-15)20-19(22)16-7-5-9-18(13-16)26(23,24)21-10-2-3-11-21/h4-9,12-13H,2-3,10-11,14H2,1H3,(H,20,22). The van der Waals surface area contributed by atoms with Crippen molar-refractivity contribution < 1.29 is 17.9 Å². The summed E-state index contributed by atoms with van der Waals surface area (Å²) in [5.74, 6) is -0.349. The van der Waals surface area contributed by atoms with Crippen molar-refractivity contribution >= 4 is 21.6 Å². The number of rotatable bonds is 6. The van der Waals surface area contributed by atoms with E-state index in [-0.39, 0.29) is 10.8 Å². The first-order valence-corrected chi connectivity index (χ1v) is 9.94. The molecule has 0 bridgehead atoms. The molecule has 1 heterocycles. The van der Waals surface area contributed by atoms with Crippen LogP contribution in [0.3, 0.4) is 0 Å². The van der Waals surface area contributed by atoms with Gasteiger partial charge < -0.3 is 10.1 Å². The molecule has 138 valence electrons. The molecular weight excluding hydrogens is 352 g/mol. The second-order valence-electron chi connectivity index (χ2n) is 6.23. The molecule has 26 heavy (non-hydrogen) atoms. The Morgan fingerprint density at radius 1 is 1.12 bits per heavy atom. The van der Waals surface area contributed by atoms with Gasteiger partial charge in [0.2, 0.25) is 10.0 Å². The SMILES string of the molecule is COCc1cccc(NC(=O)c2cccc(S(=O)(=O)N3CCCC3)c2)c1. The number of hydrogen-bond donors (Lipinski definition) is 1. The topological polar surface area (TPSA) is 75.7 Å². The maximum absolute atomic E-state index is 12.7. The largest absolute Gasteiger partial charge is 0.380 e. The summed E-state index contributed by atoms with van der Waals surface area (Å²) in [5.41, 5.74) is 1.88. The normalized spacial score (nSPS) is 15.1. The summed E-state index contributed by atoms with van der Waals surface area (Å²) in [7, 11) is -1.94. The number of ether oxygens (including phenoxy) is 1. The van der Waals surface area contributed by atoms with Crippen LogP contribution in [0.2, 0.25) is 0 Å². The highest BCUT2D eigenvalue weighted by molar-refractivity contribution is 7.89. The molecule has 6 nitrogen and oxygen atoms in total. The Bertz CT molecular complexity index is 890. The maximum Gasteiger partial charge on any atom is 0.255 e. The van der Waals surface area contributed by atoms with E-state index in [1.807, 2.05) is 18.2 Å². The minimum absolute atomic E-state index is 0.153. The first-order valence-electron chi connectivity index (χ1n) is 8.50. The highest BCUT2D eigenvalue weighted by Gasteiger charge is 2.27. The number of carbonyl (C=O) groups excluding carboxylic acids is 1. The molecule has 1 amide bonds. The van der Waals surface area contributed by atoms with Gasteiger partial charge in [0.1, 0.15) is 0 Å². The molecule has 0 aromatic heterocycles. The Labute approximate surface area is 153 Å². The van der Waals surface area contributed by atoms with Crippen LogP contribution >= 0.6 is 0 Å². The van der Waals surface area contributed by atoms with E-state index in [9.17, 15) is 13.2 Å². The first-order chi connectivity index (χ1) is 12.5. The molecule has 1 aliphatic rings. The minimum atomic E-state index is -3.54. The van der Waals surface area contributed by atoms with Gasteiger partial charge in [-0.15, -0.1) is 0 Å². The van der Waals surface area contributed by atoms with Crippen LogP contribution in [-0.4, -0.2) is 38.8 Å². The van der Waals surface area contributed by atoms with E-state index in [0.717, 1.165) is 18.4 Å². The Kier molecular flexibility index (Phi) is 5.70. The summed E-state index contributed by atoms with van der Waals surface area (Å²) >= 11 is 0. The van der Waals surface area contributed by atoms with E-state index in [4.69, 9.17) is 4.74 Å². The molecule has 0 radical (unpaired) electrons. The van der Waals surface area contributed by atoms with E-state index in [2.05, 4.69) is 5.32 Å². The van der Waals surface area contributed by atoms with Crippen molar-refractivity contribution in [3.05, 3.63) is 59.7 Å². The third-order valence-corrected chi connectivity index (χ3v) is 6.19. The van der Waals surface area contributed by atoms with Crippen LogP contribution in [0.1, 0.15) is 28.8 Å². The van der Waals surface area contributed by atoms with Crippen molar-refractivity contribution in [1.82, 2.24) is 4.31 Å². The molecule has 1 fully saturated rings. The lowest BCUT2D eigenvalue weighted by atomic mass is 10.2. The van der Waals surface area contributed by atoms with Crippen molar-refractivity contribution in [2.24, 2.45) is 0 Å². The summed E-state index contributed by atoms with van der Waals surface area (Å²) in [4.78, 5) is 12.7. The minimum Gasteiger partial charge on any atom is -0.380 e. The van der Waals surface area contributed by atoms with Gasteiger partial charge in [0.15, 0.2) is 0 Å². The monoisotopic (exact) mass is 374 g/mol. The van der Waals surface area contributed by atoms with E-state index in [1.54, 1.807) is 25.3 Å². The van der Waals surface area contributed by atoms with Crippen molar-refractivity contribution in [3.63, 3.8) is 0 Å². The second kappa shape index (κ2) is 7.99. The van der Waals surface area contributed by atoms with Gasteiger partial charge >= 0.3 is 0 Å². The lowest BCUT2D eigenvalue weighted by Gasteiger charge is -2.16. The number of amides is 1. The summed E-state index contributed by atoms with van der Waals surface area (Å²) in [6.07, 6.45) is 1.74. The van der Waals surface area contributed by atoms with Gasteiger partial charge in [0.25, 0.3) is 5.91 Å². The summed E-state index contributed by atoms with van der Waals surface area (Å²) in [5, 5.41) is 2.80. The molecule has 3 rings (SSSR count). The zero-order valence-electron chi connectivity index (χ0n) is 14.6. The Hall–Kier alpha value is -2.22. The molecule has 2 aromatic carbocycles. The average Bonchev–Trinajstić information content (AvgIpc) is 3.18. The van der Waals surface area contributed by atoms with Gasteiger partial charge in [-0.25, -0.2) is 8.42 Å². The predicted molar refractivity (Wildman–Crippen MR) is 99.5 cm³/mol. The third kappa shape index (κ3) is 4.12. The molecule has 0 aliphatic carbocycles. The van der Waals surface area contributed by atoms with Crippen LogP contribution < -0.4 is 5.32 Å². The van der Waals surface area contributed by atoms with Crippen LogP contribution in [0.25, 0.3) is 0 Å². The number of anilines is 1. The third-order valence-electron chi connectivity index (χ3n) is 4.29. The molecule has 0 saturated carbocycles. The molecule has 1 saturated heterocycles. The summed E-state index contributed by atoms with van der Waals surface area (Å²) in [6.45, 7) is 1.52. The van der Waals surface area contributed by atoms with Gasteiger partial charge in [-0.05, 0) is 48.7 Å². The number of nitrogens with zero attached hydrogens (tertiary/aromatic N) is 1. The predicted octanol–water partition coefficient (Wildman–Crippen LogP) is 2.87. The molecule has 0 unspecified atom stereocenters. The van der Waals surface area contributed by atoms with E-state index in [0.29, 0.717) is 30.9 Å². The molecular formula is C19H22N2O4S. The van der Waals surface area contributed by atoms with Gasteiger partial charge in [0.05, 0.1) is 11.5 Å². The number of nitrogens with one attached hydrogen (secondary N) is 1. The second-order valence-corrected chi connectivity index (χ2v) is 8.16. The van der Waals surface area contributed by atoms with Crippen LogP contribution in [0.15, 0.2) is 53.4 Å². The summed E-state index contributed by atoms with van der Waals surface area (Å²) in [6, 6.07) is 13.5. The molecule has 1 aliphatic heterocycles. The van der Waals surface area contributed by atoms with E-state index in [1.165, 1.54) is 16.4 Å². The molecule has 0 atom stereocenters. The van der Waals surface area contributed by atoms with Crippen molar-refractivity contribution in [2.75, 3.05) is 25.5 Å². The summed E-state index contributed by atoms with van der Waals surface area (Å²) < 4.78 is 31.9. The smallest absolute Gasteiger partial charge is 0.255 e. The van der Waals surface area contributed by atoms with E-state index < -0.39 is 10.0 Å². The Balaban J connectivity index is 1.79. The fraction of sp³-hybridized carbons (Fsp3) is 0.316. The zero-order chi connectivity index (χ0) is 18.6. The van der Waals surface area contributed by atoms with Crippen LogP contribution in [0, 0.1) is 0 Å². The van der Waals surface area contributed by atoms with Crippen molar-refractivity contribution in [2.45, 2.75) is 24.3 Å². The molecule has 0 spiro atoms. The Morgan fingerprint density at radius 2 is 1.85 bits per heavy atom. The van der Waals surface area contributed by atoms with Gasteiger partial charge in [-0.1, -0.05) is 18.2 Å². The van der Waals surface area contributed by atoms with Crippen molar-refractivity contribution in [1.29, 1.82) is 0 Å². The number of methoxy groups -OCH3 is 1. The first kappa shape index (κ1) is 18.6. The van der Waals surface area contributed by atoms with Crippen molar-refractivity contribution in [3.8, 4) is 0 Å². The molecule has 1 N–H and O–H groups in total. The van der Waals surface area contributed by atoms with Gasteiger partial charge in [-0.3, -0.25) is 4.79 Å².